The van der Waals surface area contributed by atoms with Gasteiger partial charge >= 0.3 is 6.18 Å². The number of halogens is 3. The van der Waals surface area contributed by atoms with Gasteiger partial charge in [0.25, 0.3) is 0 Å². The number of carbonyl (C=O) groups is 1. The molecule has 1 heterocycles. The first-order chi connectivity index (χ1) is 9.82. The Labute approximate surface area is 120 Å². The van der Waals surface area contributed by atoms with Crippen LogP contribution in [0.5, 0.6) is 0 Å². The zero-order chi connectivity index (χ0) is 15.6. The quantitative estimate of drug-likeness (QED) is 0.810. The maximum atomic E-state index is 13.1. The van der Waals surface area contributed by atoms with Crippen LogP contribution in [0.15, 0.2) is 36.5 Å². The van der Waals surface area contributed by atoms with Gasteiger partial charge in [0.05, 0.1) is 5.56 Å². The summed E-state index contributed by atoms with van der Waals surface area (Å²) in [4.78, 5) is 15.8. The highest BCUT2D eigenvalue weighted by Crippen LogP contribution is 2.37. The first-order valence-corrected chi connectivity index (χ1v) is 6.13. The zero-order valence-electron chi connectivity index (χ0n) is 11.5. The molecule has 0 saturated carbocycles. The summed E-state index contributed by atoms with van der Waals surface area (Å²) in [7, 11) is 3.02. The monoisotopic (exact) mass is 294 g/mol. The molecule has 0 N–H and O–H groups in total. The molecular weight excluding hydrogens is 281 g/mol. The fraction of sp³-hybridized carbons (Fsp3) is 0.200. The van der Waals surface area contributed by atoms with E-state index in [1.807, 2.05) is 0 Å². The molecule has 2 aromatic rings. The Balaban J connectivity index is 2.52. The SMILES string of the molecule is CN(C)c1ncc(-c2ccc(C=O)cc2)cc1C(F)(F)F. The van der Waals surface area contributed by atoms with E-state index in [4.69, 9.17) is 0 Å². The maximum Gasteiger partial charge on any atom is 0.419 e. The van der Waals surface area contributed by atoms with Crippen LogP contribution in [0.1, 0.15) is 15.9 Å². The van der Waals surface area contributed by atoms with Crippen LogP contribution in [0.4, 0.5) is 19.0 Å². The van der Waals surface area contributed by atoms with Crippen molar-refractivity contribution in [2.75, 3.05) is 19.0 Å². The molecule has 2 rings (SSSR count). The highest BCUT2D eigenvalue weighted by molar-refractivity contribution is 5.77. The lowest BCUT2D eigenvalue weighted by molar-refractivity contribution is -0.137. The number of benzene rings is 1. The van der Waals surface area contributed by atoms with Gasteiger partial charge in [0, 0.05) is 31.4 Å². The average molecular weight is 294 g/mol. The van der Waals surface area contributed by atoms with E-state index < -0.39 is 11.7 Å². The first-order valence-electron chi connectivity index (χ1n) is 6.13. The smallest absolute Gasteiger partial charge is 0.362 e. The summed E-state index contributed by atoms with van der Waals surface area (Å²) in [6.07, 6.45) is -2.41. The summed E-state index contributed by atoms with van der Waals surface area (Å²) in [5.41, 5.74) is 0.603. The third kappa shape index (κ3) is 3.21. The van der Waals surface area contributed by atoms with E-state index in [1.54, 1.807) is 24.3 Å². The van der Waals surface area contributed by atoms with E-state index in [2.05, 4.69) is 4.98 Å². The predicted octanol–water partition coefficient (Wildman–Crippen LogP) is 3.65. The van der Waals surface area contributed by atoms with Crippen molar-refractivity contribution in [3.8, 4) is 11.1 Å². The van der Waals surface area contributed by atoms with Gasteiger partial charge in [0.2, 0.25) is 0 Å². The molecule has 110 valence electrons. The van der Waals surface area contributed by atoms with E-state index in [1.165, 1.54) is 25.2 Å². The minimum Gasteiger partial charge on any atom is -0.362 e. The highest BCUT2D eigenvalue weighted by atomic mass is 19.4. The Kier molecular flexibility index (Phi) is 3.97. The van der Waals surface area contributed by atoms with Crippen LogP contribution in [-0.2, 0) is 6.18 Å². The molecule has 0 saturated heterocycles. The third-order valence-electron chi connectivity index (χ3n) is 2.98. The van der Waals surface area contributed by atoms with Crippen LogP contribution in [0.3, 0.4) is 0 Å². The number of alkyl halides is 3. The molecule has 6 heteroatoms. The Morgan fingerprint density at radius 3 is 2.19 bits per heavy atom. The standard InChI is InChI=1S/C15H13F3N2O/c1-20(2)14-13(15(16,17)18)7-12(8-19-14)11-5-3-10(9-21)4-6-11/h3-9H,1-2H3. The van der Waals surface area contributed by atoms with E-state index >= 15 is 0 Å². The second-order valence-corrected chi connectivity index (χ2v) is 4.73. The van der Waals surface area contributed by atoms with Crippen molar-refractivity contribution in [1.82, 2.24) is 4.98 Å². The van der Waals surface area contributed by atoms with Crippen molar-refractivity contribution < 1.29 is 18.0 Å². The molecule has 1 aromatic heterocycles. The molecule has 0 atom stereocenters. The van der Waals surface area contributed by atoms with Gasteiger partial charge in [0.15, 0.2) is 0 Å². The minimum absolute atomic E-state index is 0.129. The molecule has 0 unspecified atom stereocenters. The summed E-state index contributed by atoms with van der Waals surface area (Å²) in [5, 5.41) is 0. The van der Waals surface area contributed by atoms with Gasteiger partial charge < -0.3 is 4.90 Å². The van der Waals surface area contributed by atoms with Gasteiger partial charge in [-0.15, -0.1) is 0 Å². The second kappa shape index (κ2) is 5.55. The van der Waals surface area contributed by atoms with Gasteiger partial charge in [0.1, 0.15) is 12.1 Å². The second-order valence-electron chi connectivity index (χ2n) is 4.73. The Hall–Kier alpha value is -2.37. The van der Waals surface area contributed by atoms with E-state index in [0.717, 1.165) is 6.07 Å². The minimum atomic E-state index is -4.48. The number of rotatable bonds is 3. The molecule has 0 amide bonds. The lowest BCUT2D eigenvalue weighted by Crippen LogP contribution is -2.18. The first kappa shape index (κ1) is 15.0. The summed E-state index contributed by atoms with van der Waals surface area (Å²) in [6, 6.07) is 7.36. The average Bonchev–Trinajstić information content (AvgIpc) is 2.45. The number of aromatic nitrogens is 1. The van der Waals surface area contributed by atoms with Gasteiger partial charge in [-0.25, -0.2) is 4.98 Å². The van der Waals surface area contributed by atoms with Gasteiger partial charge in [-0.1, -0.05) is 24.3 Å². The summed E-state index contributed by atoms with van der Waals surface area (Å²) in [6.45, 7) is 0. The molecule has 3 nitrogen and oxygen atoms in total. The molecule has 0 fully saturated rings. The molecular formula is C15H13F3N2O. The number of carbonyl (C=O) groups excluding carboxylic acids is 1. The van der Waals surface area contributed by atoms with Crippen molar-refractivity contribution in [2.45, 2.75) is 6.18 Å². The van der Waals surface area contributed by atoms with E-state index in [0.29, 0.717) is 23.0 Å². The number of hydrogen-bond donors (Lipinski definition) is 0. The molecule has 0 aliphatic heterocycles. The molecule has 0 aliphatic carbocycles. The lowest BCUT2D eigenvalue weighted by atomic mass is 10.0. The van der Waals surface area contributed by atoms with Crippen molar-refractivity contribution in [3.05, 3.63) is 47.7 Å². The van der Waals surface area contributed by atoms with E-state index in [9.17, 15) is 18.0 Å². The van der Waals surface area contributed by atoms with Crippen LogP contribution >= 0.6 is 0 Å². The number of hydrogen-bond acceptors (Lipinski definition) is 3. The number of anilines is 1. The van der Waals surface area contributed by atoms with Crippen LogP contribution in [0.2, 0.25) is 0 Å². The fourth-order valence-corrected chi connectivity index (χ4v) is 1.93. The topological polar surface area (TPSA) is 33.2 Å². The third-order valence-corrected chi connectivity index (χ3v) is 2.98. The van der Waals surface area contributed by atoms with Crippen LogP contribution < -0.4 is 4.90 Å². The summed E-state index contributed by atoms with van der Waals surface area (Å²) in [5.74, 6) is -0.129. The Bertz CT molecular complexity index is 649. The maximum absolute atomic E-state index is 13.1. The molecule has 21 heavy (non-hydrogen) atoms. The van der Waals surface area contributed by atoms with Crippen molar-refractivity contribution in [3.63, 3.8) is 0 Å². The normalized spacial score (nSPS) is 11.3. The van der Waals surface area contributed by atoms with Gasteiger partial charge in [-0.05, 0) is 11.6 Å². The molecule has 0 aliphatic rings. The summed E-state index contributed by atoms with van der Waals surface area (Å²) >= 11 is 0. The number of pyridine rings is 1. The molecule has 1 aromatic carbocycles. The fourth-order valence-electron chi connectivity index (χ4n) is 1.93. The van der Waals surface area contributed by atoms with Crippen LogP contribution in [0, 0.1) is 0 Å². The lowest BCUT2D eigenvalue weighted by Gasteiger charge is -2.18. The van der Waals surface area contributed by atoms with Crippen molar-refractivity contribution in [2.24, 2.45) is 0 Å². The Morgan fingerprint density at radius 2 is 1.71 bits per heavy atom. The van der Waals surface area contributed by atoms with Crippen molar-refractivity contribution in [1.29, 1.82) is 0 Å². The Morgan fingerprint density at radius 1 is 1.10 bits per heavy atom. The number of nitrogens with zero attached hydrogens (tertiary/aromatic N) is 2. The number of aldehydes is 1. The predicted molar refractivity (Wildman–Crippen MR) is 74.4 cm³/mol. The van der Waals surface area contributed by atoms with Crippen molar-refractivity contribution >= 4 is 12.1 Å². The largest absolute Gasteiger partial charge is 0.419 e. The van der Waals surface area contributed by atoms with Crippen LogP contribution in [-0.4, -0.2) is 25.4 Å². The molecule has 0 spiro atoms. The summed E-state index contributed by atoms with van der Waals surface area (Å²) < 4.78 is 39.3. The van der Waals surface area contributed by atoms with Gasteiger partial charge in [-0.3, -0.25) is 4.79 Å². The van der Waals surface area contributed by atoms with Crippen LogP contribution in [0.25, 0.3) is 11.1 Å². The molecule has 0 radical (unpaired) electrons. The van der Waals surface area contributed by atoms with Gasteiger partial charge in [-0.2, -0.15) is 13.2 Å². The highest BCUT2D eigenvalue weighted by Gasteiger charge is 2.35. The van der Waals surface area contributed by atoms with E-state index in [-0.39, 0.29) is 5.82 Å². The molecule has 0 bridgehead atoms. The zero-order valence-corrected chi connectivity index (χ0v) is 11.5.